The van der Waals surface area contributed by atoms with Crippen LogP contribution in [0.2, 0.25) is 0 Å². The van der Waals surface area contributed by atoms with Crippen LogP contribution in [0.1, 0.15) is 21.5 Å². The maximum Gasteiger partial charge on any atom is 0.254 e. The predicted octanol–water partition coefficient (Wildman–Crippen LogP) is 2.24. The minimum absolute atomic E-state index is 0.268. The first-order valence-corrected chi connectivity index (χ1v) is 6.27. The third-order valence-corrected chi connectivity index (χ3v) is 3.04. The Labute approximate surface area is 122 Å². The number of amides is 1. The SMILES string of the molecule is CN(Cc1cccc(C#N)c1)C(=O)c1ccc(O)c(O)c1. The van der Waals surface area contributed by atoms with E-state index in [9.17, 15) is 15.0 Å². The first-order valence-electron chi connectivity index (χ1n) is 6.27. The Kier molecular flexibility index (Phi) is 4.10. The fourth-order valence-electron chi connectivity index (χ4n) is 1.96. The largest absolute Gasteiger partial charge is 0.504 e. The summed E-state index contributed by atoms with van der Waals surface area (Å²) in [6.45, 7) is 0.343. The molecular formula is C16H14N2O3. The Bertz CT molecular complexity index is 720. The second kappa shape index (κ2) is 5.97. The lowest BCUT2D eigenvalue weighted by Gasteiger charge is -2.17. The van der Waals surface area contributed by atoms with Crippen LogP contribution in [-0.4, -0.2) is 28.1 Å². The maximum atomic E-state index is 12.2. The standard InChI is InChI=1S/C16H14N2O3/c1-18(10-12-4-2-3-11(7-12)9-17)16(21)13-5-6-14(19)15(20)8-13/h2-8,19-20H,10H2,1H3. The Morgan fingerprint density at radius 3 is 2.62 bits per heavy atom. The molecule has 2 aromatic rings. The molecule has 0 aliphatic rings. The van der Waals surface area contributed by atoms with E-state index in [-0.39, 0.29) is 23.0 Å². The number of benzene rings is 2. The molecule has 5 heteroatoms. The van der Waals surface area contributed by atoms with Crippen LogP contribution in [0.5, 0.6) is 11.5 Å². The summed E-state index contributed by atoms with van der Waals surface area (Å²) < 4.78 is 0. The Morgan fingerprint density at radius 1 is 1.19 bits per heavy atom. The zero-order chi connectivity index (χ0) is 15.4. The molecule has 0 aliphatic carbocycles. The molecule has 0 unspecified atom stereocenters. The van der Waals surface area contributed by atoms with Gasteiger partial charge in [-0.15, -0.1) is 0 Å². The van der Waals surface area contributed by atoms with Gasteiger partial charge in [-0.05, 0) is 35.9 Å². The van der Waals surface area contributed by atoms with Crippen molar-refractivity contribution >= 4 is 5.91 Å². The Balaban J connectivity index is 2.15. The average Bonchev–Trinajstić information content (AvgIpc) is 2.49. The molecule has 2 N–H and O–H groups in total. The molecule has 1 amide bonds. The van der Waals surface area contributed by atoms with Gasteiger partial charge in [0.05, 0.1) is 11.6 Å². The van der Waals surface area contributed by atoms with Crippen LogP contribution in [0.3, 0.4) is 0 Å². The first-order chi connectivity index (χ1) is 10.0. The first kappa shape index (κ1) is 14.4. The lowest BCUT2D eigenvalue weighted by Crippen LogP contribution is -2.26. The zero-order valence-electron chi connectivity index (χ0n) is 11.4. The van der Waals surface area contributed by atoms with Crippen LogP contribution < -0.4 is 0 Å². The van der Waals surface area contributed by atoms with Crippen molar-refractivity contribution in [2.24, 2.45) is 0 Å². The molecular weight excluding hydrogens is 268 g/mol. The molecule has 0 heterocycles. The summed E-state index contributed by atoms with van der Waals surface area (Å²) in [6, 6.07) is 13.0. The van der Waals surface area contributed by atoms with Gasteiger partial charge in [-0.3, -0.25) is 4.79 Å². The lowest BCUT2D eigenvalue weighted by molar-refractivity contribution is 0.0784. The van der Waals surface area contributed by atoms with Crippen molar-refractivity contribution in [3.63, 3.8) is 0 Å². The molecule has 2 rings (SSSR count). The van der Waals surface area contributed by atoms with Crippen molar-refractivity contribution in [3.05, 3.63) is 59.2 Å². The van der Waals surface area contributed by atoms with Gasteiger partial charge in [0.1, 0.15) is 0 Å². The fourth-order valence-corrected chi connectivity index (χ4v) is 1.96. The van der Waals surface area contributed by atoms with Gasteiger partial charge in [0.15, 0.2) is 11.5 Å². The quantitative estimate of drug-likeness (QED) is 0.845. The molecule has 0 aliphatic heterocycles. The van der Waals surface area contributed by atoms with Gasteiger partial charge >= 0.3 is 0 Å². The number of hydrogen-bond donors (Lipinski definition) is 2. The molecule has 0 saturated carbocycles. The molecule has 0 aromatic heterocycles. The molecule has 106 valence electrons. The van der Waals surface area contributed by atoms with Crippen molar-refractivity contribution < 1.29 is 15.0 Å². The molecule has 21 heavy (non-hydrogen) atoms. The number of nitriles is 1. The number of nitrogens with zero attached hydrogens (tertiary/aromatic N) is 2. The van der Waals surface area contributed by atoms with Crippen LogP contribution in [0.25, 0.3) is 0 Å². The normalized spacial score (nSPS) is 9.90. The number of carbonyl (C=O) groups is 1. The van der Waals surface area contributed by atoms with E-state index in [0.29, 0.717) is 12.1 Å². The van der Waals surface area contributed by atoms with Crippen LogP contribution >= 0.6 is 0 Å². The minimum atomic E-state index is -0.333. The third kappa shape index (κ3) is 3.31. The highest BCUT2D eigenvalue weighted by atomic mass is 16.3. The van der Waals surface area contributed by atoms with E-state index in [0.717, 1.165) is 5.56 Å². The summed E-state index contributed by atoms with van der Waals surface area (Å²) in [5.74, 6) is -0.885. The van der Waals surface area contributed by atoms with Crippen molar-refractivity contribution in [2.75, 3.05) is 7.05 Å². The summed E-state index contributed by atoms with van der Waals surface area (Å²) in [6.07, 6.45) is 0. The second-order valence-electron chi connectivity index (χ2n) is 4.68. The molecule has 0 atom stereocenters. The smallest absolute Gasteiger partial charge is 0.254 e. The number of phenols is 2. The fraction of sp³-hybridized carbons (Fsp3) is 0.125. The van der Waals surface area contributed by atoms with Gasteiger partial charge in [0.25, 0.3) is 5.91 Å². The Morgan fingerprint density at radius 2 is 1.95 bits per heavy atom. The highest BCUT2D eigenvalue weighted by Gasteiger charge is 2.14. The van der Waals surface area contributed by atoms with E-state index in [1.807, 2.05) is 6.07 Å². The molecule has 0 saturated heterocycles. The van der Waals surface area contributed by atoms with E-state index < -0.39 is 0 Å². The van der Waals surface area contributed by atoms with Crippen molar-refractivity contribution in [1.29, 1.82) is 5.26 Å². The van der Waals surface area contributed by atoms with Crippen LogP contribution in [0.15, 0.2) is 42.5 Å². The van der Waals surface area contributed by atoms with Gasteiger partial charge in [-0.2, -0.15) is 5.26 Å². The highest BCUT2D eigenvalue weighted by Crippen LogP contribution is 2.25. The third-order valence-electron chi connectivity index (χ3n) is 3.04. The monoisotopic (exact) mass is 282 g/mol. The van der Waals surface area contributed by atoms with Crippen molar-refractivity contribution in [1.82, 2.24) is 4.90 Å². The topological polar surface area (TPSA) is 84.6 Å². The second-order valence-corrected chi connectivity index (χ2v) is 4.68. The van der Waals surface area contributed by atoms with Crippen molar-refractivity contribution in [2.45, 2.75) is 6.54 Å². The maximum absolute atomic E-state index is 12.2. The van der Waals surface area contributed by atoms with Crippen LogP contribution in [0.4, 0.5) is 0 Å². The number of hydrogen-bond acceptors (Lipinski definition) is 4. The van der Waals surface area contributed by atoms with Gasteiger partial charge in [-0.1, -0.05) is 12.1 Å². The summed E-state index contributed by atoms with van der Waals surface area (Å²) in [7, 11) is 1.63. The van der Waals surface area contributed by atoms with Gasteiger partial charge in [0, 0.05) is 19.2 Å². The Hall–Kier alpha value is -3.00. The van der Waals surface area contributed by atoms with E-state index in [4.69, 9.17) is 5.26 Å². The summed E-state index contributed by atoms with van der Waals surface area (Å²) in [5, 5.41) is 27.5. The number of aromatic hydroxyl groups is 2. The summed E-state index contributed by atoms with van der Waals surface area (Å²) >= 11 is 0. The minimum Gasteiger partial charge on any atom is -0.504 e. The van der Waals surface area contributed by atoms with Gasteiger partial charge < -0.3 is 15.1 Å². The van der Waals surface area contributed by atoms with Gasteiger partial charge in [-0.25, -0.2) is 0 Å². The molecule has 0 spiro atoms. The predicted molar refractivity (Wildman–Crippen MR) is 76.7 cm³/mol. The van der Waals surface area contributed by atoms with E-state index >= 15 is 0 Å². The molecule has 0 radical (unpaired) electrons. The van der Waals surface area contributed by atoms with Gasteiger partial charge in [0.2, 0.25) is 0 Å². The highest BCUT2D eigenvalue weighted by molar-refractivity contribution is 5.94. The molecule has 2 aromatic carbocycles. The summed E-state index contributed by atoms with van der Waals surface area (Å²) in [4.78, 5) is 13.7. The summed E-state index contributed by atoms with van der Waals surface area (Å²) in [5.41, 5.74) is 1.66. The lowest BCUT2D eigenvalue weighted by atomic mass is 10.1. The van der Waals surface area contributed by atoms with E-state index in [1.54, 1.807) is 25.2 Å². The van der Waals surface area contributed by atoms with Crippen molar-refractivity contribution in [3.8, 4) is 17.6 Å². The molecule has 0 bridgehead atoms. The number of phenolic OH excluding ortho intramolecular Hbond substituents is 2. The van der Waals surface area contributed by atoms with Crippen LogP contribution in [0, 0.1) is 11.3 Å². The zero-order valence-corrected chi connectivity index (χ0v) is 11.4. The van der Waals surface area contributed by atoms with E-state index in [1.165, 1.54) is 23.1 Å². The number of rotatable bonds is 3. The number of carbonyl (C=O) groups excluding carboxylic acids is 1. The average molecular weight is 282 g/mol. The van der Waals surface area contributed by atoms with Crippen LogP contribution in [-0.2, 0) is 6.54 Å². The molecule has 0 fully saturated rings. The molecule has 5 nitrogen and oxygen atoms in total. The van der Waals surface area contributed by atoms with E-state index in [2.05, 4.69) is 6.07 Å².